The van der Waals surface area contributed by atoms with Gasteiger partial charge in [-0.15, -0.1) is 0 Å². The molecule has 2 N–H and O–H groups in total. The zero-order valence-electron chi connectivity index (χ0n) is 20.9. The lowest BCUT2D eigenvalue weighted by atomic mass is 10.2. The van der Waals surface area contributed by atoms with Crippen molar-refractivity contribution in [1.29, 1.82) is 0 Å². The van der Waals surface area contributed by atoms with Crippen molar-refractivity contribution in [2.45, 2.75) is 45.8 Å². The first-order valence-corrected chi connectivity index (χ1v) is 12.9. The van der Waals surface area contributed by atoms with Crippen molar-refractivity contribution in [3.63, 3.8) is 0 Å². The number of anilines is 2. The Morgan fingerprint density at radius 3 is 2.83 bits per heavy atom. The minimum absolute atomic E-state index is 0.199. The van der Waals surface area contributed by atoms with E-state index < -0.39 is 0 Å². The molecule has 2 amide bonds. The summed E-state index contributed by atoms with van der Waals surface area (Å²) >= 11 is 0. The van der Waals surface area contributed by atoms with Gasteiger partial charge in [-0.2, -0.15) is 5.10 Å². The maximum atomic E-state index is 15.1. The molecule has 0 spiro atoms. The largest absolute Gasteiger partial charge is 0.380 e. The molecular weight excluding hydrogens is 465 g/mol. The number of ether oxygens (including phenoxy) is 2. The molecule has 0 bridgehead atoms. The quantitative estimate of drug-likeness (QED) is 0.523. The van der Waals surface area contributed by atoms with Crippen molar-refractivity contribution in [2.75, 3.05) is 56.2 Å². The number of nitrogens with zero attached hydrogens (tertiary/aromatic N) is 5. The third-order valence-corrected chi connectivity index (χ3v) is 6.81. The minimum Gasteiger partial charge on any atom is -0.380 e. The summed E-state index contributed by atoms with van der Waals surface area (Å²) < 4.78 is 28.3. The van der Waals surface area contributed by atoms with Crippen molar-refractivity contribution >= 4 is 28.4 Å². The SMILES string of the molecule is CCN(CC)C(=O)Nc1cn(C2CCCCO2)nc1-c1nc2cc(F)c(N3CCCOCC3)cc2[nH]1. The highest BCUT2D eigenvalue weighted by Crippen LogP contribution is 2.32. The van der Waals surface area contributed by atoms with Crippen LogP contribution in [0.4, 0.5) is 20.6 Å². The summed E-state index contributed by atoms with van der Waals surface area (Å²) in [4.78, 5) is 24.5. The summed E-state index contributed by atoms with van der Waals surface area (Å²) in [7, 11) is 0. The lowest BCUT2D eigenvalue weighted by molar-refractivity contribution is -0.0393. The summed E-state index contributed by atoms with van der Waals surface area (Å²) in [5, 5.41) is 7.74. The van der Waals surface area contributed by atoms with Gasteiger partial charge >= 0.3 is 6.03 Å². The van der Waals surface area contributed by atoms with E-state index in [1.54, 1.807) is 21.8 Å². The molecule has 0 saturated carbocycles. The second-order valence-corrected chi connectivity index (χ2v) is 9.15. The van der Waals surface area contributed by atoms with E-state index in [1.807, 2.05) is 18.7 Å². The Balaban J connectivity index is 1.51. The Labute approximate surface area is 209 Å². The van der Waals surface area contributed by atoms with Crippen LogP contribution in [0, 0.1) is 5.82 Å². The van der Waals surface area contributed by atoms with Crippen molar-refractivity contribution in [3.05, 3.63) is 24.1 Å². The Kier molecular flexibility index (Phi) is 7.38. The highest BCUT2D eigenvalue weighted by atomic mass is 19.1. The Morgan fingerprint density at radius 2 is 2.06 bits per heavy atom. The van der Waals surface area contributed by atoms with E-state index in [2.05, 4.69) is 15.3 Å². The predicted molar refractivity (Wildman–Crippen MR) is 136 cm³/mol. The molecule has 2 aliphatic rings. The van der Waals surface area contributed by atoms with E-state index in [1.165, 1.54) is 6.07 Å². The molecule has 0 radical (unpaired) electrons. The number of nitrogens with one attached hydrogen (secondary N) is 2. The number of aromatic amines is 1. The maximum Gasteiger partial charge on any atom is 0.321 e. The highest BCUT2D eigenvalue weighted by Gasteiger charge is 2.24. The zero-order chi connectivity index (χ0) is 25.1. The molecule has 4 heterocycles. The van der Waals surface area contributed by atoms with Gasteiger partial charge in [0.2, 0.25) is 0 Å². The Morgan fingerprint density at radius 1 is 1.19 bits per heavy atom. The average molecular weight is 500 g/mol. The van der Waals surface area contributed by atoms with E-state index in [0.717, 1.165) is 32.2 Å². The third-order valence-electron chi connectivity index (χ3n) is 6.81. The summed E-state index contributed by atoms with van der Waals surface area (Å²) in [6.07, 6.45) is 5.37. The van der Waals surface area contributed by atoms with Crippen LogP contribution in [0.1, 0.15) is 45.8 Å². The van der Waals surface area contributed by atoms with Crippen LogP contribution in [-0.4, -0.2) is 76.7 Å². The number of hydrogen-bond donors (Lipinski definition) is 2. The van der Waals surface area contributed by atoms with E-state index in [4.69, 9.17) is 14.6 Å². The lowest BCUT2D eigenvalue weighted by Crippen LogP contribution is -2.34. The molecule has 11 heteroatoms. The molecule has 2 aliphatic heterocycles. The van der Waals surface area contributed by atoms with Crippen molar-refractivity contribution in [2.24, 2.45) is 0 Å². The van der Waals surface area contributed by atoms with E-state index in [-0.39, 0.29) is 18.1 Å². The fourth-order valence-electron chi connectivity index (χ4n) is 4.80. The fraction of sp³-hybridized carbons (Fsp3) is 0.560. The lowest BCUT2D eigenvalue weighted by Gasteiger charge is -2.22. The number of H-pyrrole nitrogens is 1. The van der Waals surface area contributed by atoms with Crippen LogP contribution >= 0.6 is 0 Å². The Hall–Kier alpha value is -3.18. The number of fused-ring (bicyclic) bond motifs is 1. The summed E-state index contributed by atoms with van der Waals surface area (Å²) in [5.74, 6) is 0.142. The summed E-state index contributed by atoms with van der Waals surface area (Å²) in [6.45, 7) is 8.35. The van der Waals surface area contributed by atoms with E-state index >= 15 is 4.39 Å². The molecule has 1 atom stereocenters. The molecule has 3 aromatic rings. The van der Waals surface area contributed by atoms with Gasteiger partial charge in [-0.05, 0) is 45.6 Å². The number of aromatic nitrogens is 4. The van der Waals surface area contributed by atoms with Crippen LogP contribution in [0.25, 0.3) is 22.6 Å². The molecular formula is C25H34FN7O3. The van der Waals surface area contributed by atoms with Gasteiger partial charge in [0.25, 0.3) is 0 Å². The van der Waals surface area contributed by atoms with Crippen molar-refractivity contribution in [3.8, 4) is 11.5 Å². The number of carbonyl (C=O) groups excluding carboxylic acids is 1. The second kappa shape index (κ2) is 10.8. The number of urea groups is 1. The molecule has 1 unspecified atom stereocenters. The van der Waals surface area contributed by atoms with Gasteiger partial charge in [0.05, 0.1) is 35.2 Å². The van der Waals surface area contributed by atoms with E-state index in [0.29, 0.717) is 73.4 Å². The van der Waals surface area contributed by atoms with Gasteiger partial charge in [0.15, 0.2) is 11.5 Å². The van der Waals surface area contributed by atoms with Crippen molar-refractivity contribution in [1.82, 2.24) is 24.6 Å². The topological polar surface area (TPSA) is 101 Å². The fourth-order valence-corrected chi connectivity index (χ4v) is 4.80. The van der Waals surface area contributed by atoms with Gasteiger partial charge in [-0.25, -0.2) is 18.9 Å². The standard InChI is InChI=1S/C25H34FN7O3/c1-3-31(4-2)25(34)29-20-16-33(22-8-5-6-12-36-22)30-23(20)24-27-18-14-17(26)21(15-19(18)28-24)32-9-7-11-35-13-10-32/h14-16,22H,3-13H2,1-2H3,(H,27,28)(H,29,34). The van der Waals surface area contributed by atoms with Crippen LogP contribution in [0.15, 0.2) is 18.3 Å². The molecule has 194 valence electrons. The first kappa shape index (κ1) is 24.5. The first-order chi connectivity index (χ1) is 17.6. The zero-order valence-corrected chi connectivity index (χ0v) is 20.9. The van der Waals surface area contributed by atoms with Gasteiger partial charge in [-0.3, -0.25) is 0 Å². The molecule has 2 saturated heterocycles. The van der Waals surface area contributed by atoms with Crippen molar-refractivity contribution < 1.29 is 18.7 Å². The maximum absolute atomic E-state index is 15.1. The minimum atomic E-state index is -0.321. The smallest absolute Gasteiger partial charge is 0.321 e. The number of halogens is 1. The molecule has 10 nitrogen and oxygen atoms in total. The molecule has 2 aromatic heterocycles. The van der Waals surface area contributed by atoms with Crippen LogP contribution in [0.5, 0.6) is 0 Å². The molecule has 36 heavy (non-hydrogen) atoms. The number of carbonyl (C=O) groups is 1. The normalized spacial score (nSPS) is 18.9. The molecule has 5 rings (SSSR count). The number of amides is 2. The number of imidazole rings is 1. The van der Waals surface area contributed by atoms with Crippen LogP contribution < -0.4 is 10.2 Å². The summed E-state index contributed by atoms with van der Waals surface area (Å²) in [6, 6.07) is 3.03. The second-order valence-electron chi connectivity index (χ2n) is 9.15. The number of hydrogen-bond acceptors (Lipinski definition) is 6. The number of benzene rings is 1. The van der Waals surface area contributed by atoms with Gasteiger partial charge in [0.1, 0.15) is 12.0 Å². The molecule has 2 fully saturated rings. The highest BCUT2D eigenvalue weighted by molar-refractivity contribution is 5.93. The van der Waals surface area contributed by atoms with Crippen LogP contribution in [0.2, 0.25) is 0 Å². The first-order valence-electron chi connectivity index (χ1n) is 12.9. The van der Waals surface area contributed by atoms with E-state index in [9.17, 15) is 4.79 Å². The average Bonchev–Trinajstić information content (AvgIpc) is 3.38. The summed E-state index contributed by atoms with van der Waals surface area (Å²) in [5.41, 5.74) is 2.76. The predicted octanol–water partition coefficient (Wildman–Crippen LogP) is 4.37. The molecule has 0 aliphatic carbocycles. The van der Waals surface area contributed by atoms with Gasteiger partial charge in [0, 0.05) is 45.5 Å². The Bertz CT molecular complexity index is 1190. The molecule has 1 aromatic carbocycles. The monoisotopic (exact) mass is 499 g/mol. The van der Waals surface area contributed by atoms with Crippen LogP contribution in [0.3, 0.4) is 0 Å². The van der Waals surface area contributed by atoms with Crippen LogP contribution in [-0.2, 0) is 9.47 Å². The third kappa shape index (κ3) is 5.03. The number of rotatable bonds is 6. The van der Waals surface area contributed by atoms with Gasteiger partial charge in [-0.1, -0.05) is 0 Å². The van der Waals surface area contributed by atoms with Gasteiger partial charge < -0.3 is 29.6 Å².